The lowest BCUT2D eigenvalue weighted by atomic mass is 9.61. The van der Waals surface area contributed by atoms with Gasteiger partial charge in [-0.2, -0.15) is 0 Å². The molecule has 0 radical (unpaired) electrons. The lowest BCUT2D eigenvalue weighted by Crippen LogP contribution is -2.34. The van der Waals surface area contributed by atoms with Crippen LogP contribution in [0.25, 0.3) is 0 Å². The van der Waals surface area contributed by atoms with Crippen LogP contribution in [0.5, 0.6) is 0 Å². The molecule has 0 amide bonds. The summed E-state index contributed by atoms with van der Waals surface area (Å²) in [5.74, 6) is 1.88. The molecule has 1 saturated carbocycles. The van der Waals surface area contributed by atoms with E-state index in [4.69, 9.17) is 0 Å². The van der Waals surface area contributed by atoms with Gasteiger partial charge in [0.2, 0.25) is 0 Å². The van der Waals surface area contributed by atoms with Crippen molar-refractivity contribution in [3.8, 4) is 0 Å². The largest absolute Gasteiger partial charge is 0.0602 e. The first-order chi connectivity index (χ1) is 7.92. The van der Waals surface area contributed by atoms with Crippen LogP contribution in [0.1, 0.15) is 87.5 Å². The minimum absolute atomic E-state index is 0.463. The maximum atomic E-state index is 2.50. The average Bonchev–Trinajstić information content (AvgIpc) is 2.13. The van der Waals surface area contributed by atoms with Crippen molar-refractivity contribution < 1.29 is 0 Å². The van der Waals surface area contributed by atoms with Gasteiger partial charge < -0.3 is 0 Å². The van der Waals surface area contributed by atoms with Crippen LogP contribution in [-0.2, 0) is 0 Å². The van der Waals surface area contributed by atoms with Crippen LogP contribution in [-0.4, -0.2) is 0 Å². The Hall–Kier alpha value is 0. The molecule has 1 fully saturated rings. The van der Waals surface area contributed by atoms with Crippen molar-refractivity contribution in [3.63, 3.8) is 0 Å². The SMILES string of the molecule is CC(C)(C)CC(C)(C)C1CCC(C(C)(C)C)CC1. The van der Waals surface area contributed by atoms with Gasteiger partial charge in [0.25, 0.3) is 0 Å². The zero-order valence-electron chi connectivity index (χ0n) is 14.2. The van der Waals surface area contributed by atoms with Crippen molar-refractivity contribution in [1.29, 1.82) is 0 Å². The summed E-state index contributed by atoms with van der Waals surface area (Å²) in [6.07, 6.45) is 7.14. The molecular weight excluding hydrogens is 216 g/mol. The summed E-state index contributed by atoms with van der Waals surface area (Å²) in [5, 5.41) is 0. The molecule has 0 aliphatic heterocycles. The van der Waals surface area contributed by atoms with Crippen LogP contribution in [0.3, 0.4) is 0 Å². The summed E-state index contributed by atoms with van der Waals surface area (Å²) in [5.41, 5.74) is 1.49. The molecule has 0 heteroatoms. The highest BCUT2D eigenvalue weighted by Gasteiger charge is 2.38. The van der Waals surface area contributed by atoms with Crippen LogP contribution in [0.15, 0.2) is 0 Å². The highest BCUT2D eigenvalue weighted by molar-refractivity contribution is 4.88. The molecule has 0 aromatic rings. The highest BCUT2D eigenvalue weighted by Crippen LogP contribution is 2.48. The molecule has 0 aromatic heterocycles. The van der Waals surface area contributed by atoms with E-state index in [9.17, 15) is 0 Å². The summed E-state index contributed by atoms with van der Waals surface area (Å²) >= 11 is 0. The van der Waals surface area contributed by atoms with Crippen LogP contribution >= 0.6 is 0 Å². The van der Waals surface area contributed by atoms with Crippen molar-refractivity contribution in [2.75, 3.05) is 0 Å². The topological polar surface area (TPSA) is 0 Å². The van der Waals surface area contributed by atoms with Gasteiger partial charge in [0.15, 0.2) is 0 Å². The molecule has 0 heterocycles. The minimum atomic E-state index is 0.463. The molecule has 1 rings (SSSR count). The quantitative estimate of drug-likeness (QED) is 0.541. The first-order valence-electron chi connectivity index (χ1n) is 7.92. The standard InChI is InChI=1S/C18H36/c1-16(2,3)13-18(7,8)15-11-9-14(10-12-15)17(4,5)6/h14-15H,9-13H2,1-8H3. The van der Waals surface area contributed by atoms with Crippen molar-refractivity contribution >= 4 is 0 Å². The smallest absolute Gasteiger partial charge is 0.0321 e. The summed E-state index contributed by atoms with van der Waals surface area (Å²) in [6.45, 7) is 19.4. The Balaban J connectivity index is 2.57. The Labute approximate surface area is 116 Å². The molecule has 0 aromatic carbocycles. The van der Waals surface area contributed by atoms with E-state index in [0.29, 0.717) is 16.2 Å². The van der Waals surface area contributed by atoms with Gasteiger partial charge in [-0.15, -0.1) is 0 Å². The molecule has 0 bridgehead atoms. The van der Waals surface area contributed by atoms with Crippen molar-refractivity contribution in [2.24, 2.45) is 28.1 Å². The normalized spacial score (nSPS) is 27.3. The highest BCUT2D eigenvalue weighted by atomic mass is 14.4. The molecule has 1 aliphatic rings. The van der Waals surface area contributed by atoms with E-state index >= 15 is 0 Å². The molecule has 0 nitrogen and oxygen atoms in total. The van der Waals surface area contributed by atoms with Gasteiger partial charge in [-0.3, -0.25) is 0 Å². The molecule has 0 N–H and O–H groups in total. The third-order valence-corrected chi connectivity index (χ3v) is 5.04. The van der Waals surface area contributed by atoms with E-state index in [0.717, 1.165) is 11.8 Å². The van der Waals surface area contributed by atoms with E-state index in [1.54, 1.807) is 0 Å². The lowest BCUT2D eigenvalue weighted by molar-refractivity contribution is 0.0592. The Kier molecular flexibility index (Phi) is 4.62. The van der Waals surface area contributed by atoms with Gasteiger partial charge in [-0.1, -0.05) is 55.4 Å². The van der Waals surface area contributed by atoms with E-state index in [1.165, 1.54) is 32.1 Å². The Morgan fingerprint density at radius 1 is 0.667 bits per heavy atom. The van der Waals surface area contributed by atoms with E-state index in [1.807, 2.05) is 0 Å². The van der Waals surface area contributed by atoms with Crippen LogP contribution in [0.4, 0.5) is 0 Å². The maximum Gasteiger partial charge on any atom is -0.0321 e. The second-order valence-corrected chi connectivity index (χ2v) is 9.64. The van der Waals surface area contributed by atoms with Gasteiger partial charge in [0, 0.05) is 0 Å². The first kappa shape index (κ1) is 16.1. The summed E-state index contributed by atoms with van der Waals surface area (Å²) in [6, 6.07) is 0. The Morgan fingerprint density at radius 3 is 1.39 bits per heavy atom. The fourth-order valence-corrected chi connectivity index (χ4v) is 4.25. The van der Waals surface area contributed by atoms with Crippen LogP contribution in [0, 0.1) is 28.1 Å². The maximum absolute atomic E-state index is 2.50. The number of hydrogen-bond acceptors (Lipinski definition) is 0. The third kappa shape index (κ3) is 4.59. The zero-order chi connectivity index (χ0) is 14.2. The van der Waals surface area contributed by atoms with Crippen molar-refractivity contribution in [1.82, 2.24) is 0 Å². The van der Waals surface area contributed by atoms with Gasteiger partial charge in [0.05, 0.1) is 0 Å². The minimum Gasteiger partial charge on any atom is -0.0602 e. The molecule has 0 atom stereocenters. The average molecular weight is 252 g/mol. The summed E-state index contributed by atoms with van der Waals surface area (Å²) in [7, 11) is 0. The molecule has 1 aliphatic carbocycles. The van der Waals surface area contributed by atoms with Gasteiger partial charge in [-0.05, 0) is 60.2 Å². The van der Waals surface area contributed by atoms with Gasteiger partial charge >= 0.3 is 0 Å². The van der Waals surface area contributed by atoms with Gasteiger partial charge in [-0.25, -0.2) is 0 Å². The first-order valence-corrected chi connectivity index (χ1v) is 7.92. The van der Waals surface area contributed by atoms with Crippen molar-refractivity contribution in [2.45, 2.75) is 87.5 Å². The predicted octanol–water partition coefficient (Wildman–Crippen LogP) is 6.30. The predicted molar refractivity (Wildman–Crippen MR) is 82.8 cm³/mol. The monoisotopic (exact) mass is 252 g/mol. The molecular formula is C18H36. The summed E-state index contributed by atoms with van der Waals surface area (Å²) in [4.78, 5) is 0. The summed E-state index contributed by atoms with van der Waals surface area (Å²) < 4.78 is 0. The molecule has 18 heavy (non-hydrogen) atoms. The zero-order valence-corrected chi connectivity index (χ0v) is 14.2. The van der Waals surface area contributed by atoms with Crippen LogP contribution in [0.2, 0.25) is 0 Å². The van der Waals surface area contributed by atoms with Crippen molar-refractivity contribution in [3.05, 3.63) is 0 Å². The second-order valence-electron chi connectivity index (χ2n) is 9.64. The van der Waals surface area contributed by atoms with Crippen LogP contribution < -0.4 is 0 Å². The molecule has 0 spiro atoms. The lowest BCUT2D eigenvalue weighted by Gasteiger charge is -2.45. The van der Waals surface area contributed by atoms with E-state index in [-0.39, 0.29) is 0 Å². The second kappa shape index (κ2) is 5.17. The fraction of sp³-hybridized carbons (Fsp3) is 1.00. The van der Waals surface area contributed by atoms with E-state index in [2.05, 4.69) is 55.4 Å². The number of rotatable bonds is 2. The van der Waals surface area contributed by atoms with Gasteiger partial charge in [0.1, 0.15) is 0 Å². The fourth-order valence-electron chi connectivity index (χ4n) is 4.25. The third-order valence-electron chi connectivity index (χ3n) is 5.04. The molecule has 0 unspecified atom stereocenters. The molecule has 0 saturated heterocycles. The molecule has 108 valence electrons. The number of hydrogen-bond donors (Lipinski definition) is 0. The Morgan fingerprint density at radius 2 is 1.06 bits per heavy atom. The van der Waals surface area contributed by atoms with E-state index < -0.39 is 0 Å². The Bertz CT molecular complexity index is 251.